The summed E-state index contributed by atoms with van der Waals surface area (Å²) in [6.07, 6.45) is 0. The summed E-state index contributed by atoms with van der Waals surface area (Å²) in [5, 5.41) is 7.98. The van der Waals surface area contributed by atoms with Crippen LogP contribution in [0.4, 0.5) is 0 Å². The zero-order chi connectivity index (χ0) is 5.70. The molecule has 0 aliphatic heterocycles. The molecule has 0 spiro atoms. The van der Waals surface area contributed by atoms with Crippen molar-refractivity contribution in [2.75, 3.05) is 13.2 Å². The highest BCUT2D eigenvalue weighted by atomic mass is 16.6. The summed E-state index contributed by atoms with van der Waals surface area (Å²) >= 11 is 0. The van der Waals surface area contributed by atoms with Crippen LogP contribution in [0.15, 0.2) is 0 Å². The Kier molecular flexibility index (Phi) is 3.49. The third-order valence-corrected chi connectivity index (χ3v) is 0.421. The van der Waals surface area contributed by atoms with Crippen molar-refractivity contribution in [3.63, 3.8) is 0 Å². The van der Waals surface area contributed by atoms with Gasteiger partial charge in [0.2, 0.25) is 0 Å². The van der Waals surface area contributed by atoms with E-state index in [2.05, 4.69) is 10.7 Å². The highest BCUT2D eigenvalue weighted by Gasteiger charge is 1.94. The van der Waals surface area contributed by atoms with Gasteiger partial charge >= 0.3 is 0 Å². The SMILES string of the molecule is NOCC(=O)CO. The van der Waals surface area contributed by atoms with Crippen molar-refractivity contribution in [2.45, 2.75) is 0 Å². The van der Waals surface area contributed by atoms with Gasteiger partial charge in [0, 0.05) is 0 Å². The summed E-state index contributed by atoms with van der Waals surface area (Å²) in [6.45, 7) is -0.715. The molecule has 0 aromatic heterocycles. The number of carbonyl (C=O) groups is 1. The van der Waals surface area contributed by atoms with Crippen LogP contribution in [0.3, 0.4) is 0 Å². The first kappa shape index (κ1) is 6.55. The molecule has 0 aliphatic carbocycles. The highest BCUT2D eigenvalue weighted by molar-refractivity contribution is 5.80. The van der Waals surface area contributed by atoms with Crippen molar-refractivity contribution >= 4 is 5.78 Å². The van der Waals surface area contributed by atoms with Crippen LogP contribution in [0, 0.1) is 0 Å². The molecular weight excluding hydrogens is 98.0 g/mol. The summed E-state index contributed by atoms with van der Waals surface area (Å²) in [4.78, 5) is 13.8. The van der Waals surface area contributed by atoms with Crippen molar-refractivity contribution in [3.8, 4) is 0 Å². The van der Waals surface area contributed by atoms with E-state index in [1.807, 2.05) is 0 Å². The highest BCUT2D eigenvalue weighted by Crippen LogP contribution is 1.65. The Morgan fingerprint density at radius 2 is 2.43 bits per heavy atom. The number of nitrogens with two attached hydrogens (primary N) is 1. The lowest BCUT2D eigenvalue weighted by Crippen LogP contribution is -2.15. The quantitative estimate of drug-likeness (QED) is 0.426. The van der Waals surface area contributed by atoms with Crippen LogP contribution in [-0.4, -0.2) is 24.1 Å². The molecule has 0 aromatic rings. The van der Waals surface area contributed by atoms with Gasteiger partial charge in [-0.1, -0.05) is 0 Å². The van der Waals surface area contributed by atoms with Gasteiger partial charge in [0.1, 0.15) is 13.2 Å². The van der Waals surface area contributed by atoms with Gasteiger partial charge in [-0.3, -0.25) is 9.63 Å². The smallest absolute Gasteiger partial charge is 0.185 e. The van der Waals surface area contributed by atoms with Crippen molar-refractivity contribution in [1.29, 1.82) is 0 Å². The minimum absolute atomic E-state index is 0.212. The maximum Gasteiger partial charge on any atom is 0.185 e. The first-order valence-electron chi connectivity index (χ1n) is 1.75. The molecule has 42 valence electrons. The fraction of sp³-hybridized carbons (Fsp3) is 0.667. The lowest BCUT2D eigenvalue weighted by atomic mass is 10.5. The lowest BCUT2D eigenvalue weighted by molar-refractivity contribution is -0.126. The van der Waals surface area contributed by atoms with Gasteiger partial charge in [-0.15, -0.1) is 0 Å². The molecule has 7 heavy (non-hydrogen) atoms. The average Bonchev–Trinajstić information content (AvgIpc) is 1.68. The molecule has 0 radical (unpaired) electrons. The molecule has 0 rings (SSSR count). The predicted molar refractivity (Wildman–Crippen MR) is 22.2 cm³/mol. The third-order valence-electron chi connectivity index (χ3n) is 0.421. The molecule has 0 aliphatic rings. The first-order chi connectivity index (χ1) is 3.31. The summed E-state index contributed by atoms with van der Waals surface area (Å²) < 4.78 is 0. The second kappa shape index (κ2) is 3.73. The standard InChI is InChI=1S/C3H7NO3/c4-7-2-3(6)1-5/h5H,1-2,4H2. The Morgan fingerprint density at radius 3 is 2.57 bits per heavy atom. The monoisotopic (exact) mass is 105 g/mol. The fourth-order valence-corrected chi connectivity index (χ4v) is 0.139. The molecule has 0 bridgehead atoms. The molecule has 0 unspecified atom stereocenters. The van der Waals surface area contributed by atoms with Crippen LogP contribution in [0.25, 0.3) is 0 Å². The van der Waals surface area contributed by atoms with Gasteiger partial charge in [-0.25, -0.2) is 5.90 Å². The van der Waals surface area contributed by atoms with E-state index >= 15 is 0 Å². The van der Waals surface area contributed by atoms with E-state index in [-0.39, 0.29) is 6.61 Å². The van der Waals surface area contributed by atoms with Crippen LogP contribution in [0.1, 0.15) is 0 Å². The van der Waals surface area contributed by atoms with Crippen LogP contribution in [0.2, 0.25) is 0 Å². The van der Waals surface area contributed by atoms with Crippen molar-refractivity contribution in [2.24, 2.45) is 5.90 Å². The molecule has 0 amide bonds. The number of aliphatic hydroxyl groups excluding tert-OH is 1. The molecule has 4 nitrogen and oxygen atoms in total. The molecule has 0 saturated carbocycles. The summed E-state index contributed by atoms with van der Waals surface area (Å²) in [6, 6.07) is 0. The Hall–Kier alpha value is -0.450. The topological polar surface area (TPSA) is 72.5 Å². The Morgan fingerprint density at radius 1 is 1.86 bits per heavy atom. The number of hydrogen-bond acceptors (Lipinski definition) is 4. The third kappa shape index (κ3) is 3.38. The van der Waals surface area contributed by atoms with E-state index in [9.17, 15) is 4.79 Å². The second-order valence-electron chi connectivity index (χ2n) is 1.01. The summed E-state index contributed by atoms with van der Waals surface area (Å²) in [5.74, 6) is 4.06. The number of carbonyl (C=O) groups excluding carboxylic acids is 1. The molecule has 0 saturated heterocycles. The maximum atomic E-state index is 9.96. The number of rotatable bonds is 3. The summed E-state index contributed by atoms with van der Waals surface area (Å²) in [7, 11) is 0. The van der Waals surface area contributed by atoms with Crippen LogP contribution in [0.5, 0.6) is 0 Å². The van der Waals surface area contributed by atoms with Gasteiger partial charge in [0.15, 0.2) is 5.78 Å². The van der Waals surface area contributed by atoms with Gasteiger partial charge in [-0.05, 0) is 0 Å². The minimum Gasteiger partial charge on any atom is -0.388 e. The molecule has 0 fully saturated rings. The minimum atomic E-state index is -0.503. The Bertz CT molecular complexity index is 63.2. The first-order valence-corrected chi connectivity index (χ1v) is 1.75. The largest absolute Gasteiger partial charge is 0.388 e. The molecule has 4 heteroatoms. The second-order valence-corrected chi connectivity index (χ2v) is 1.01. The van der Waals surface area contributed by atoms with E-state index < -0.39 is 12.4 Å². The number of hydrogen-bond donors (Lipinski definition) is 2. The molecule has 0 aromatic carbocycles. The van der Waals surface area contributed by atoms with Crippen LogP contribution in [-0.2, 0) is 9.63 Å². The van der Waals surface area contributed by atoms with E-state index in [1.165, 1.54) is 0 Å². The van der Waals surface area contributed by atoms with Gasteiger partial charge in [0.05, 0.1) is 0 Å². The number of ketones is 1. The lowest BCUT2D eigenvalue weighted by Gasteiger charge is -1.88. The van der Waals surface area contributed by atoms with Crippen molar-refractivity contribution in [3.05, 3.63) is 0 Å². The fourth-order valence-electron chi connectivity index (χ4n) is 0.139. The van der Waals surface area contributed by atoms with Gasteiger partial charge in [-0.2, -0.15) is 0 Å². The van der Waals surface area contributed by atoms with Gasteiger partial charge in [0.25, 0.3) is 0 Å². The number of Topliss-reactive ketones (excluding diaryl/α,β-unsaturated/α-hetero) is 1. The van der Waals surface area contributed by atoms with Crippen molar-refractivity contribution < 1.29 is 14.7 Å². The average molecular weight is 105 g/mol. The van der Waals surface area contributed by atoms with E-state index in [1.54, 1.807) is 0 Å². The molecule has 0 atom stereocenters. The Labute approximate surface area is 40.8 Å². The molecule has 3 N–H and O–H groups in total. The zero-order valence-corrected chi connectivity index (χ0v) is 3.76. The van der Waals surface area contributed by atoms with E-state index in [0.717, 1.165) is 0 Å². The maximum absolute atomic E-state index is 9.96. The van der Waals surface area contributed by atoms with Crippen LogP contribution >= 0.6 is 0 Å². The Balaban J connectivity index is 3.00. The van der Waals surface area contributed by atoms with E-state index in [4.69, 9.17) is 5.11 Å². The van der Waals surface area contributed by atoms with Crippen LogP contribution < -0.4 is 5.90 Å². The predicted octanol–water partition coefficient (Wildman–Crippen LogP) is -1.56. The van der Waals surface area contributed by atoms with Crippen molar-refractivity contribution in [1.82, 2.24) is 0 Å². The van der Waals surface area contributed by atoms with Gasteiger partial charge < -0.3 is 5.11 Å². The number of aliphatic hydroxyl groups is 1. The van der Waals surface area contributed by atoms with E-state index in [0.29, 0.717) is 0 Å². The molecular formula is C3H7NO3. The normalized spacial score (nSPS) is 8.86. The summed E-state index contributed by atoms with van der Waals surface area (Å²) in [5.41, 5.74) is 0. The molecule has 0 heterocycles. The zero-order valence-electron chi connectivity index (χ0n) is 3.76.